The van der Waals surface area contributed by atoms with E-state index in [2.05, 4.69) is 41.3 Å². The van der Waals surface area contributed by atoms with Gasteiger partial charge >= 0.3 is 0 Å². The van der Waals surface area contributed by atoms with Crippen molar-refractivity contribution in [1.29, 1.82) is 0 Å². The predicted molar refractivity (Wildman–Crippen MR) is 158 cm³/mol. The quantitative estimate of drug-likeness (QED) is 0.224. The first-order valence-corrected chi connectivity index (χ1v) is 14.5. The van der Waals surface area contributed by atoms with E-state index in [-0.39, 0.29) is 0 Å². The Labute approximate surface area is 228 Å². The molecule has 2 heterocycles. The fourth-order valence-corrected chi connectivity index (χ4v) is 8.16. The van der Waals surface area contributed by atoms with E-state index in [9.17, 15) is 8.42 Å². The molecule has 0 amide bonds. The zero-order valence-electron chi connectivity index (χ0n) is 22.2. The third-order valence-corrected chi connectivity index (χ3v) is 9.77. The first kappa shape index (κ1) is 23.7. The maximum atomic E-state index is 14.0. The fourth-order valence-electron chi connectivity index (χ4n) is 6.14. The Bertz CT molecular complexity index is 2020. The molecule has 5 aromatic carbocycles. The molecule has 1 aliphatic heterocycles. The van der Waals surface area contributed by atoms with Crippen LogP contribution in [0.25, 0.3) is 33.1 Å². The zero-order chi connectivity index (χ0) is 27.1. The normalized spacial score (nSPS) is 14.0. The van der Waals surface area contributed by atoms with Crippen LogP contribution in [0.3, 0.4) is 0 Å². The Kier molecular flexibility index (Phi) is 5.07. The number of aryl methyl sites for hydroxylation is 4. The Morgan fingerprint density at radius 1 is 0.590 bits per heavy atom. The highest BCUT2D eigenvalue weighted by Crippen LogP contribution is 2.51. The Morgan fingerprint density at radius 2 is 1.21 bits per heavy atom. The number of rotatable bonds is 2. The van der Waals surface area contributed by atoms with Crippen LogP contribution in [0.2, 0.25) is 0 Å². The van der Waals surface area contributed by atoms with Gasteiger partial charge in [-0.2, -0.15) is 0 Å². The Morgan fingerprint density at radius 3 is 1.90 bits per heavy atom. The second-order valence-corrected chi connectivity index (χ2v) is 12.4. The maximum Gasteiger partial charge on any atom is 0.211 e. The van der Waals surface area contributed by atoms with E-state index in [0.29, 0.717) is 21.2 Å². The molecule has 1 aromatic heterocycles. The number of fused-ring (bicyclic) bond motifs is 5. The Balaban J connectivity index is 1.47. The molecule has 0 saturated heterocycles. The first-order chi connectivity index (χ1) is 18.7. The molecule has 7 rings (SSSR count). The highest BCUT2D eigenvalue weighted by Gasteiger charge is 2.38. The van der Waals surface area contributed by atoms with Crippen molar-refractivity contribution in [2.24, 2.45) is 0 Å². The van der Waals surface area contributed by atoms with E-state index in [1.807, 2.05) is 82.3 Å². The van der Waals surface area contributed by atoms with Gasteiger partial charge in [0.25, 0.3) is 0 Å². The molecule has 0 aliphatic carbocycles. The summed E-state index contributed by atoms with van der Waals surface area (Å²) in [4.78, 5) is 2.87. The molecule has 39 heavy (non-hydrogen) atoms. The Hall–Kier alpha value is -4.35. The number of furan rings is 1. The van der Waals surface area contributed by atoms with Crippen molar-refractivity contribution in [3.8, 4) is 11.1 Å². The minimum absolute atomic E-state index is 0.379. The molecule has 1 aliphatic rings. The topological polar surface area (TPSA) is 50.5 Å². The SMILES string of the molecule is Cc1cc(C)c2c(c1)N(c1cccc(-c3ccc4oc5ccccc5c4c3)c1)c1cc(C)cc(C)c1S2(=O)=O. The van der Waals surface area contributed by atoms with Gasteiger partial charge in [-0.15, -0.1) is 0 Å². The van der Waals surface area contributed by atoms with Crippen LogP contribution in [-0.2, 0) is 9.84 Å². The second-order valence-electron chi connectivity index (χ2n) is 10.6. The van der Waals surface area contributed by atoms with Gasteiger partial charge in [-0.05, 0) is 104 Å². The van der Waals surface area contributed by atoms with Crippen molar-refractivity contribution in [1.82, 2.24) is 0 Å². The summed E-state index contributed by atoms with van der Waals surface area (Å²) < 4.78 is 34.0. The summed E-state index contributed by atoms with van der Waals surface area (Å²) >= 11 is 0. The molecule has 5 heteroatoms. The number of anilines is 3. The molecule has 0 bridgehead atoms. The molecule has 6 aromatic rings. The van der Waals surface area contributed by atoms with Gasteiger partial charge in [-0.25, -0.2) is 8.42 Å². The molecule has 192 valence electrons. The van der Waals surface area contributed by atoms with Gasteiger partial charge in [0.15, 0.2) is 0 Å². The smallest absolute Gasteiger partial charge is 0.211 e. The highest BCUT2D eigenvalue weighted by molar-refractivity contribution is 7.92. The van der Waals surface area contributed by atoms with Crippen LogP contribution in [0.5, 0.6) is 0 Å². The summed E-state index contributed by atoms with van der Waals surface area (Å²) in [6.45, 7) is 7.79. The lowest BCUT2D eigenvalue weighted by Crippen LogP contribution is -2.24. The molecule has 4 nitrogen and oxygen atoms in total. The molecule has 0 atom stereocenters. The largest absolute Gasteiger partial charge is 0.456 e. The van der Waals surface area contributed by atoms with E-state index in [0.717, 1.165) is 61.0 Å². The average Bonchev–Trinajstić information content (AvgIpc) is 3.25. The number of para-hydroxylation sites is 1. The number of sulfone groups is 1. The van der Waals surface area contributed by atoms with E-state index in [4.69, 9.17) is 4.42 Å². The van der Waals surface area contributed by atoms with Gasteiger partial charge in [0.1, 0.15) is 11.2 Å². The van der Waals surface area contributed by atoms with E-state index in [1.54, 1.807) is 0 Å². The minimum Gasteiger partial charge on any atom is -0.456 e. The first-order valence-electron chi connectivity index (χ1n) is 13.0. The lowest BCUT2D eigenvalue weighted by molar-refractivity contribution is 0.593. The number of hydrogen-bond acceptors (Lipinski definition) is 4. The van der Waals surface area contributed by atoms with Gasteiger partial charge in [-0.1, -0.05) is 48.5 Å². The number of nitrogens with zero attached hydrogens (tertiary/aromatic N) is 1. The number of hydrogen-bond donors (Lipinski definition) is 0. The van der Waals surface area contributed by atoms with Crippen molar-refractivity contribution in [3.63, 3.8) is 0 Å². The van der Waals surface area contributed by atoms with Crippen LogP contribution >= 0.6 is 0 Å². The van der Waals surface area contributed by atoms with Gasteiger partial charge in [0.2, 0.25) is 9.84 Å². The van der Waals surface area contributed by atoms with Crippen LogP contribution < -0.4 is 4.90 Å². The maximum absolute atomic E-state index is 14.0. The third kappa shape index (κ3) is 3.53. The average molecular weight is 530 g/mol. The lowest BCUT2D eigenvalue weighted by atomic mass is 10.0. The molecule has 0 fully saturated rings. The van der Waals surface area contributed by atoms with E-state index >= 15 is 0 Å². The van der Waals surface area contributed by atoms with Crippen LogP contribution in [0.4, 0.5) is 17.1 Å². The van der Waals surface area contributed by atoms with Crippen LogP contribution in [0.15, 0.2) is 105 Å². The summed E-state index contributed by atoms with van der Waals surface area (Å²) in [5.74, 6) is 0. The summed E-state index contributed by atoms with van der Waals surface area (Å²) in [6.07, 6.45) is 0. The molecule has 0 unspecified atom stereocenters. The van der Waals surface area contributed by atoms with E-state index in [1.165, 1.54) is 0 Å². The fraction of sp³-hybridized carbons (Fsp3) is 0.118. The zero-order valence-corrected chi connectivity index (χ0v) is 23.1. The van der Waals surface area contributed by atoms with Gasteiger partial charge < -0.3 is 9.32 Å². The summed E-state index contributed by atoms with van der Waals surface area (Å²) in [5, 5.41) is 2.16. The van der Waals surface area contributed by atoms with Crippen LogP contribution in [0, 0.1) is 27.7 Å². The van der Waals surface area contributed by atoms with Crippen molar-refractivity contribution in [2.75, 3.05) is 4.90 Å². The minimum atomic E-state index is -3.69. The van der Waals surface area contributed by atoms with Crippen molar-refractivity contribution in [2.45, 2.75) is 37.5 Å². The van der Waals surface area contributed by atoms with Gasteiger partial charge in [0.05, 0.1) is 21.2 Å². The van der Waals surface area contributed by atoms with Crippen LogP contribution in [0.1, 0.15) is 22.3 Å². The van der Waals surface area contributed by atoms with E-state index < -0.39 is 9.84 Å². The highest BCUT2D eigenvalue weighted by atomic mass is 32.2. The molecular weight excluding hydrogens is 502 g/mol. The number of benzene rings is 5. The van der Waals surface area contributed by atoms with Crippen molar-refractivity contribution < 1.29 is 12.8 Å². The molecule has 0 saturated carbocycles. The molecule has 0 spiro atoms. The molecular formula is C34H27NO3S. The summed E-state index contributed by atoms with van der Waals surface area (Å²) in [7, 11) is -3.69. The van der Waals surface area contributed by atoms with Crippen molar-refractivity contribution >= 4 is 48.8 Å². The van der Waals surface area contributed by atoms with Crippen LogP contribution in [-0.4, -0.2) is 8.42 Å². The van der Waals surface area contributed by atoms with Gasteiger partial charge in [-0.3, -0.25) is 0 Å². The summed E-state index contributed by atoms with van der Waals surface area (Å²) in [5.41, 5.74) is 9.71. The lowest BCUT2D eigenvalue weighted by Gasteiger charge is -2.35. The third-order valence-electron chi connectivity index (χ3n) is 7.63. The molecule has 0 radical (unpaired) electrons. The monoisotopic (exact) mass is 529 g/mol. The second kappa shape index (κ2) is 8.32. The predicted octanol–water partition coefficient (Wildman–Crippen LogP) is 9.10. The van der Waals surface area contributed by atoms with Crippen molar-refractivity contribution in [3.05, 3.63) is 113 Å². The standard InChI is InChI=1S/C34H27NO3S/c1-20-14-22(3)33-29(16-20)35(30-17-21(2)15-23(4)34(30)39(33,36)37)26-9-7-8-24(18-26)25-12-13-32-28(19-25)27-10-5-6-11-31(27)38-32/h5-19H,1-4H3. The summed E-state index contributed by atoms with van der Waals surface area (Å²) in [6, 6.07) is 30.5. The van der Waals surface area contributed by atoms with Gasteiger partial charge in [0, 0.05) is 16.5 Å². The molecule has 0 N–H and O–H groups in total.